The van der Waals surface area contributed by atoms with Crippen molar-refractivity contribution in [2.45, 2.75) is 51.6 Å². The van der Waals surface area contributed by atoms with Crippen LogP contribution in [-0.4, -0.2) is 11.1 Å². The van der Waals surface area contributed by atoms with Gasteiger partial charge in [0.1, 0.15) is 5.75 Å². The minimum atomic E-state index is 0.362. The summed E-state index contributed by atoms with van der Waals surface area (Å²) in [6.45, 7) is 3.01. The van der Waals surface area contributed by atoms with Crippen molar-refractivity contribution in [3.63, 3.8) is 0 Å². The lowest BCUT2D eigenvalue weighted by Crippen LogP contribution is -2.34. The van der Waals surface area contributed by atoms with E-state index < -0.39 is 0 Å². The van der Waals surface area contributed by atoms with E-state index >= 15 is 0 Å². The Labute approximate surface area is 118 Å². The fourth-order valence-electron chi connectivity index (χ4n) is 2.77. The number of nitrogens with one attached hydrogen (secondary N) is 1. The van der Waals surface area contributed by atoms with Crippen molar-refractivity contribution in [1.29, 1.82) is 0 Å². The maximum atomic E-state index is 9.93. The molecule has 0 aromatic heterocycles. The van der Waals surface area contributed by atoms with Crippen LogP contribution in [0, 0.1) is 5.92 Å². The molecule has 0 saturated heterocycles. The first-order valence-electron chi connectivity index (χ1n) is 6.88. The molecule has 2 nitrogen and oxygen atoms in total. The first-order chi connectivity index (χ1) is 8.68. The molecular formula is C15H22BrNO. The number of hydrogen-bond acceptors (Lipinski definition) is 2. The van der Waals surface area contributed by atoms with Gasteiger partial charge in [-0.2, -0.15) is 0 Å². The average molecular weight is 312 g/mol. The number of phenolic OH excluding ortho intramolecular Hbond substituents is 1. The van der Waals surface area contributed by atoms with E-state index in [1.165, 1.54) is 32.1 Å². The van der Waals surface area contributed by atoms with Gasteiger partial charge >= 0.3 is 0 Å². The number of aromatic hydroxyl groups is 1. The van der Waals surface area contributed by atoms with Crippen LogP contribution in [0.2, 0.25) is 0 Å². The van der Waals surface area contributed by atoms with Crippen LogP contribution in [-0.2, 0) is 6.54 Å². The van der Waals surface area contributed by atoms with E-state index in [0.717, 1.165) is 22.5 Å². The third-order valence-electron chi connectivity index (χ3n) is 4.04. The van der Waals surface area contributed by atoms with E-state index in [4.69, 9.17) is 0 Å². The smallest absolute Gasteiger partial charge is 0.134 e. The van der Waals surface area contributed by atoms with E-state index in [0.29, 0.717) is 11.8 Å². The molecule has 3 heteroatoms. The molecule has 0 spiro atoms. The Morgan fingerprint density at radius 3 is 2.78 bits per heavy atom. The molecule has 18 heavy (non-hydrogen) atoms. The zero-order valence-electron chi connectivity index (χ0n) is 11.0. The fraction of sp³-hybridized carbons (Fsp3) is 0.600. The Morgan fingerprint density at radius 2 is 2.06 bits per heavy atom. The van der Waals surface area contributed by atoms with E-state index in [9.17, 15) is 5.11 Å². The summed E-state index contributed by atoms with van der Waals surface area (Å²) in [4.78, 5) is 0. The Hall–Kier alpha value is -0.540. The second-order valence-electron chi connectivity index (χ2n) is 5.32. The predicted octanol–water partition coefficient (Wildman–Crippen LogP) is 4.21. The molecule has 0 aliphatic heterocycles. The standard InChI is InChI=1S/C15H22BrNO/c1-11(12-6-3-2-4-7-12)17-10-13-8-5-9-14(16)15(13)18/h5,8-9,11-12,17-18H,2-4,6-7,10H2,1H3/t11-/m0/s1. The maximum absolute atomic E-state index is 9.93. The Morgan fingerprint density at radius 1 is 1.33 bits per heavy atom. The lowest BCUT2D eigenvalue weighted by molar-refractivity contribution is 0.280. The van der Waals surface area contributed by atoms with Gasteiger partial charge in [-0.3, -0.25) is 0 Å². The number of benzene rings is 1. The van der Waals surface area contributed by atoms with Gasteiger partial charge < -0.3 is 10.4 Å². The number of hydrogen-bond donors (Lipinski definition) is 2. The highest BCUT2D eigenvalue weighted by atomic mass is 79.9. The lowest BCUT2D eigenvalue weighted by Gasteiger charge is -2.28. The lowest BCUT2D eigenvalue weighted by atomic mass is 9.84. The molecule has 1 aromatic rings. The number of rotatable bonds is 4. The molecule has 0 amide bonds. The van der Waals surface area contributed by atoms with Crippen LogP contribution in [0.1, 0.15) is 44.6 Å². The molecule has 2 N–H and O–H groups in total. The van der Waals surface area contributed by atoms with Gasteiger partial charge in [0.2, 0.25) is 0 Å². The molecule has 0 bridgehead atoms. The first-order valence-corrected chi connectivity index (χ1v) is 7.67. The number of para-hydroxylation sites is 1. The Balaban J connectivity index is 1.88. The van der Waals surface area contributed by atoms with Crippen molar-refractivity contribution in [2.75, 3.05) is 0 Å². The SMILES string of the molecule is C[C@H](NCc1cccc(Br)c1O)C1CCCCC1. The maximum Gasteiger partial charge on any atom is 0.134 e. The molecule has 1 aliphatic carbocycles. The van der Waals surface area contributed by atoms with Gasteiger partial charge in [0, 0.05) is 18.2 Å². The summed E-state index contributed by atoms with van der Waals surface area (Å²) in [5.41, 5.74) is 0.965. The van der Waals surface area contributed by atoms with Crippen LogP contribution in [0.15, 0.2) is 22.7 Å². The van der Waals surface area contributed by atoms with Crippen molar-refractivity contribution in [1.82, 2.24) is 5.32 Å². The van der Waals surface area contributed by atoms with Crippen LogP contribution >= 0.6 is 15.9 Å². The van der Waals surface area contributed by atoms with Gasteiger partial charge in [-0.15, -0.1) is 0 Å². The van der Waals surface area contributed by atoms with Crippen LogP contribution in [0.3, 0.4) is 0 Å². The zero-order valence-corrected chi connectivity index (χ0v) is 12.5. The summed E-state index contributed by atoms with van der Waals surface area (Å²) < 4.78 is 0.770. The molecular weight excluding hydrogens is 290 g/mol. The highest BCUT2D eigenvalue weighted by molar-refractivity contribution is 9.10. The molecule has 1 saturated carbocycles. The predicted molar refractivity (Wildman–Crippen MR) is 78.7 cm³/mol. The Bertz CT molecular complexity index is 388. The second kappa shape index (κ2) is 6.58. The number of halogens is 1. The Kier molecular flexibility index (Phi) is 5.07. The van der Waals surface area contributed by atoms with E-state index in [2.05, 4.69) is 28.2 Å². The summed E-state index contributed by atoms with van der Waals surface area (Å²) in [6, 6.07) is 6.33. The van der Waals surface area contributed by atoms with Gasteiger partial charge in [0.25, 0.3) is 0 Å². The van der Waals surface area contributed by atoms with Crippen LogP contribution in [0.4, 0.5) is 0 Å². The van der Waals surface area contributed by atoms with Gasteiger partial charge in [-0.25, -0.2) is 0 Å². The third-order valence-corrected chi connectivity index (χ3v) is 4.68. The largest absolute Gasteiger partial charge is 0.506 e. The quantitative estimate of drug-likeness (QED) is 0.873. The van der Waals surface area contributed by atoms with Crippen molar-refractivity contribution in [3.05, 3.63) is 28.2 Å². The summed E-state index contributed by atoms with van der Waals surface area (Å²) in [7, 11) is 0. The zero-order chi connectivity index (χ0) is 13.0. The molecule has 1 aromatic carbocycles. The summed E-state index contributed by atoms with van der Waals surface area (Å²) in [5.74, 6) is 1.16. The van der Waals surface area contributed by atoms with Crippen LogP contribution in [0.5, 0.6) is 5.75 Å². The minimum absolute atomic E-state index is 0.362. The first kappa shape index (κ1) is 13.9. The van der Waals surface area contributed by atoms with E-state index in [-0.39, 0.29) is 0 Å². The van der Waals surface area contributed by atoms with Crippen LogP contribution < -0.4 is 5.32 Å². The summed E-state index contributed by atoms with van der Waals surface area (Å²) in [6.07, 6.45) is 6.84. The van der Waals surface area contributed by atoms with E-state index in [1.54, 1.807) is 0 Å². The van der Waals surface area contributed by atoms with Gasteiger partial charge in [0.05, 0.1) is 4.47 Å². The molecule has 1 atom stereocenters. The average Bonchev–Trinajstić information content (AvgIpc) is 2.41. The normalized spacial score (nSPS) is 18.8. The molecule has 2 rings (SSSR count). The van der Waals surface area contributed by atoms with Crippen molar-refractivity contribution >= 4 is 15.9 Å². The van der Waals surface area contributed by atoms with Crippen molar-refractivity contribution in [3.8, 4) is 5.75 Å². The van der Waals surface area contributed by atoms with Gasteiger partial charge in [-0.05, 0) is 47.7 Å². The summed E-state index contributed by atoms with van der Waals surface area (Å²) >= 11 is 3.35. The topological polar surface area (TPSA) is 32.3 Å². The second-order valence-corrected chi connectivity index (χ2v) is 6.17. The molecule has 0 heterocycles. The molecule has 0 radical (unpaired) electrons. The minimum Gasteiger partial charge on any atom is -0.506 e. The summed E-state index contributed by atoms with van der Waals surface area (Å²) in [5, 5.41) is 13.5. The highest BCUT2D eigenvalue weighted by Crippen LogP contribution is 2.29. The molecule has 1 fully saturated rings. The van der Waals surface area contributed by atoms with Crippen LogP contribution in [0.25, 0.3) is 0 Å². The molecule has 0 unspecified atom stereocenters. The van der Waals surface area contributed by atoms with Crippen molar-refractivity contribution in [2.24, 2.45) is 5.92 Å². The fourth-order valence-corrected chi connectivity index (χ4v) is 3.18. The third kappa shape index (κ3) is 3.48. The van der Waals surface area contributed by atoms with Gasteiger partial charge in [-0.1, -0.05) is 31.4 Å². The molecule has 1 aliphatic rings. The monoisotopic (exact) mass is 311 g/mol. The number of phenols is 1. The van der Waals surface area contributed by atoms with Gasteiger partial charge in [0.15, 0.2) is 0 Å². The van der Waals surface area contributed by atoms with Crippen molar-refractivity contribution < 1.29 is 5.11 Å². The molecule has 100 valence electrons. The highest BCUT2D eigenvalue weighted by Gasteiger charge is 2.19. The van der Waals surface area contributed by atoms with E-state index in [1.807, 2.05) is 18.2 Å².